The van der Waals surface area contributed by atoms with Crippen LogP contribution in [-0.2, 0) is 14.8 Å². The fraction of sp³-hybridized carbons (Fsp3) is 0.320. The molecular formula is C25H29N5O5S. The topological polar surface area (TPSA) is 109 Å². The van der Waals surface area contributed by atoms with Crippen molar-refractivity contribution in [3.05, 3.63) is 72.6 Å². The van der Waals surface area contributed by atoms with Gasteiger partial charge in [-0.1, -0.05) is 42.1 Å². The van der Waals surface area contributed by atoms with Crippen molar-refractivity contribution >= 4 is 26.7 Å². The maximum absolute atomic E-state index is 12.9. The molecule has 36 heavy (non-hydrogen) atoms. The van der Waals surface area contributed by atoms with Crippen LogP contribution >= 0.6 is 0 Å². The molecule has 4 rings (SSSR count). The zero-order valence-electron chi connectivity index (χ0n) is 20.5. The fourth-order valence-corrected chi connectivity index (χ4v) is 5.00. The van der Waals surface area contributed by atoms with Gasteiger partial charge in [-0.25, -0.2) is 13.2 Å². The van der Waals surface area contributed by atoms with Gasteiger partial charge in [0, 0.05) is 44.9 Å². The SMILES string of the molecule is C=C(c1ccccc1)S(=O)(=O)N(C)CCN(C)CC1CN(c2ccc(-c3noc(C)n3)cc2)C(=O)O1. The molecule has 1 unspecified atom stereocenters. The Bertz CT molecular complexity index is 1320. The second kappa shape index (κ2) is 10.6. The fourth-order valence-electron chi connectivity index (χ4n) is 3.87. The van der Waals surface area contributed by atoms with Gasteiger partial charge in [0.1, 0.15) is 6.10 Å². The van der Waals surface area contributed by atoms with E-state index in [1.807, 2.05) is 42.3 Å². The van der Waals surface area contributed by atoms with Gasteiger partial charge in [0.25, 0.3) is 0 Å². The summed E-state index contributed by atoms with van der Waals surface area (Å²) in [6.45, 7) is 7.09. The normalized spacial score (nSPS) is 16.1. The zero-order chi connectivity index (χ0) is 25.9. The number of aryl methyl sites for hydroxylation is 1. The van der Waals surface area contributed by atoms with Crippen LogP contribution in [0.4, 0.5) is 10.5 Å². The predicted octanol–water partition coefficient (Wildman–Crippen LogP) is 3.23. The molecule has 3 aromatic rings. The highest BCUT2D eigenvalue weighted by Gasteiger charge is 2.33. The molecule has 11 heteroatoms. The van der Waals surface area contributed by atoms with E-state index in [0.29, 0.717) is 42.6 Å². The van der Waals surface area contributed by atoms with Gasteiger partial charge in [0.05, 0.1) is 11.4 Å². The molecule has 1 amide bonds. The number of carbonyl (C=O) groups excluding carboxylic acids is 1. The first-order valence-electron chi connectivity index (χ1n) is 11.4. The molecule has 2 aromatic carbocycles. The van der Waals surface area contributed by atoms with Gasteiger partial charge < -0.3 is 14.2 Å². The van der Waals surface area contributed by atoms with E-state index in [1.165, 1.54) is 11.4 Å². The van der Waals surface area contributed by atoms with E-state index in [-0.39, 0.29) is 17.6 Å². The highest BCUT2D eigenvalue weighted by molar-refractivity contribution is 7.98. The average Bonchev–Trinajstić information content (AvgIpc) is 3.47. The van der Waals surface area contributed by atoms with Crippen LogP contribution in [0.15, 0.2) is 65.7 Å². The van der Waals surface area contributed by atoms with Gasteiger partial charge in [0.15, 0.2) is 0 Å². The quantitative estimate of drug-likeness (QED) is 0.408. The third kappa shape index (κ3) is 5.64. The highest BCUT2D eigenvalue weighted by Crippen LogP contribution is 2.25. The minimum absolute atomic E-state index is 0.0640. The van der Waals surface area contributed by atoms with Crippen molar-refractivity contribution in [2.75, 3.05) is 45.2 Å². The lowest BCUT2D eigenvalue weighted by Crippen LogP contribution is -2.38. The summed E-state index contributed by atoms with van der Waals surface area (Å²) in [5.74, 6) is 0.968. The van der Waals surface area contributed by atoms with Gasteiger partial charge in [-0.15, -0.1) is 0 Å². The number of rotatable bonds is 10. The first-order valence-corrected chi connectivity index (χ1v) is 12.9. The maximum Gasteiger partial charge on any atom is 0.414 e. The zero-order valence-corrected chi connectivity index (χ0v) is 21.3. The predicted molar refractivity (Wildman–Crippen MR) is 137 cm³/mol. The second-order valence-corrected chi connectivity index (χ2v) is 10.7. The van der Waals surface area contributed by atoms with Crippen LogP contribution in [0.2, 0.25) is 0 Å². The second-order valence-electron chi connectivity index (χ2n) is 8.68. The van der Waals surface area contributed by atoms with E-state index in [9.17, 15) is 13.2 Å². The summed E-state index contributed by atoms with van der Waals surface area (Å²) in [4.78, 5) is 20.3. The summed E-state index contributed by atoms with van der Waals surface area (Å²) < 4.78 is 37.6. The summed E-state index contributed by atoms with van der Waals surface area (Å²) in [5, 5.41) is 3.90. The summed E-state index contributed by atoms with van der Waals surface area (Å²) in [6, 6.07) is 16.1. The van der Waals surface area contributed by atoms with E-state index in [0.717, 1.165) is 5.56 Å². The molecule has 1 saturated heterocycles. The van der Waals surface area contributed by atoms with Crippen LogP contribution in [0, 0.1) is 6.92 Å². The number of hydrogen-bond acceptors (Lipinski definition) is 8. The molecule has 1 aromatic heterocycles. The minimum atomic E-state index is -3.69. The minimum Gasteiger partial charge on any atom is -0.443 e. The van der Waals surface area contributed by atoms with Gasteiger partial charge >= 0.3 is 6.09 Å². The molecule has 1 atom stereocenters. The van der Waals surface area contributed by atoms with E-state index in [1.54, 1.807) is 36.1 Å². The molecule has 0 radical (unpaired) electrons. The van der Waals surface area contributed by atoms with Crippen LogP contribution in [0.3, 0.4) is 0 Å². The van der Waals surface area contributed by atoms with Gasteiger partial charge in [-0.05, 0) is 36.9 Å². The molecule has 0 aliphatic carbocycles. The Kier molecular flexibility index (Phi) is 7.53. The van der Waals surface area contributed by atoms with Crippen LogP contribution in [-0.4, -0.2) is 80.2 Å². The summed E-state index contributed by atoms with van der Waals surface area (Å²) in [7, 11) is -0.285. The third-order valence-corrected chi connectivity index (χ3v) is 7.83. The molecule has 10 nitrogen and oxygen atoms in total. The van der Waals surface area contributed by atoms with Crippen molar-refractivity contribution < 1.29 is 22.5 Å². The van der Waals surface area contributed by atoms with Crippen LogP contribution in [0.5, 0.6) is 0 Å². The summed E-state index contributed by atoms with van der Waals surface area (Å²) >= 11 is 0. The van der Waals surface area contributed by atoms with Crippen molar-refractivity contribution in [3.63, 3.8) is 0 Å². The number of cyclic esters (lactones) is 1. The Hall–Kier alpha value is -3.54. The highest BCUT2D eigenvalue weighted by atomic mass is 32.2. The third-order valence-electron chi connectivity index (χ3n) is 5.97. The average molecular weight is 512 g/mol. The molecule has 0 saturated carbocycles. The number of ether oxygens (including phenoxy) is 1. The number of anilines is 1. The molecule has 190 valence electrons. The molecule has 2 heterocycles. The largest absolute Gasteiger partial charge is 0.443 e. The Balaban J connectivity index is 1.29. The number of likely N-dealkylation sites (N-methyl/N-ethyl adjacent to an activating group) is 2. The molecule has 1 aliphatic rings. The molecule has 0 spiro atoms. The van der Waals surface area contributed by atoms with Crippen molar-refractivity contribution in [2.45, 2.75) is 13.0 Å². The first kappa shape index (κ1) is 25.5. The maximum atomic E-state index is 12.9. The van der Waals surface area contributed by atoms with E-state index in [2.05, 4.69) is 16.7 Å². The van der Waals surface area contributed by atoms with Gasteiger partial charge in [-0.2, -0.15) is 9.29 Å². The van der Waals surface area contributed by atoms with Gasteiger partial charge in [-0.3, -0.25) is 4.90 Å². The van der Waals surface area contributed by atoms with Crippen LogP contribution < -0.4 is 4.90 Å². The number of amides is 1. The van der Waals surface area contributed by atoms with Crippen molar-refractivity contribution in [1.29, 1.82) is 0 Å². The van der Waals surface area contributed by atoms with Crippen LogP contribution in [0.25, 0.3) is 16.3 Å². The summed E-state index contributed by atoms with van der Waals surface area (Å²) in [5.41, 5.74) is 2.06. The van der Waals surface area contributed by atoms with Crippen LogP contribution in [0.1, 0.15) is 11.5 Å². The number of hydrogen-bond donors (Lipinski definition) is 0. The monoisotopic (exact) mass is 511 g/mol. The number of carbonyl (C=O) groups is 1. The summed E-state index contributed by atoms with van der Waals surface area (Å²) in [6.07, 6.45) is -0.765. The van der Waals surface area contributed by atoms with E-state index < -0.39 is 16.1 Å². The standard InChI is InChI=1S/C25H29N5O5S/c1-18(20-8-6-5-7-9-20)36(32,33)29(4)15-14-28(3)16-23-17-30(25(31)34-23)22-12-10-21(11-13-22)24-26-19(2)35-27-24/h5-13,23H,1,14-17H2,2-4H3. The number of nitrogens with zero attached hydrogens (tertiary/aromatic N) is 5. The van der Waals surface area contributed by atoms with E-state index in [4.69, 9.17) is 9.26 Å². The molecular weight excluding hydrogens is 482 g/mol. The lowest BCUT2D eigenvalue weighted by Gasteiger charge is -2.24. The van der Waals surface area contributed by atoms with Crippen molar-refractivity contribution in [3.8, 4) is 11.4 Å². The molecule has 0 N–H and O–H groups in total. The van der Waals surface area contributed by atoms with Gasteiger partial charge in [0.2, 0.25) is 21.7 Å². The Morgan fingerprint density at radius 3 is 2.44 bits per heavy atom. The lowest BCUT2D eigenvalue weighted by molar-refractivity contribution is 0.116. The molecule has 1 aliphatic heterocycles. The molecule has 0 bridgehead atoms. The first-order chi connectivity index (χ1) is 17.1. The number of sulfonamides is 1. The smallest absolute Gasteiger partial charge is 0.414 e. The van der Waals surface area contributed by atoms with Crippen molar-refractivity contribution in [1.82, 2.24) is 19.3 Å². The lowest BCUT2D eigenvalue weighted by atomic mass is 10.2. The Morgan fingerprint density at radius 2 is 1.81 bits per heavy atom. The van der Waals surface area contributed by atoms with E-state index >= 15 is 0 Å². The Morgan fingerprint density at radius 1 is 1.11 bits per heavy atom. The molecule has 1 fully saturated rings. The van der Waals surface area contributed by atoms with Crippen molar-refractivity contribution in [2.24, 2.45) is 0 Å². The number of aromatic nitrogens is 2. The Labute approximate surface area is 210 Å². The number of benzene rings is 2.